The van der Waals surface area contributed by atoms with E-state index in [1.165, 1.54) is 12.1 Å². The number of ether oxygens (including phenoxy) is 1. The summed E-state index contributed by atoms with van der Waals surface area (Å²) in [6.45, 7) is 3.76. The van der Waals surface area contributed by atoms with Crippen LogP contribution in [-0.4, -0.2) is 26.6 Å². The Kier molecular flexibility index (Phi) is 7.01. The highest BCUT2D eigenvalue weighted by Gasteiger charge is 2.27. The van der Waals surface area contributed by atoms with Gasteiger partial charge in [-0.15, -0.1) is 0 Å². The minimum absolute atomic E-state index is 0.0177. The Morgan fingerprint density at radius 2 is 1.66 bits per heavy atom. The number of carbonyl (C=O) groups is 2. The van der Waals surface area contributed by atoms with E-state index in [0.29, 0.717) is 11.3 Å². The minimum Gasteiger partial charge on any atom is -0.444 e. The molecule has 0 heterocycles. The lowest BCUT2D eigenvalue weighted by atomic mass is 10.1. The summed E-state index contributed by atoms with van der Waals surface area (Å²) >= 11 is 6.12. The summed E-state index contributed by atoms with van der Waals surface area (Å²) < 4.78 is 29.3. The van der Waals surface area contributed by atoms with E-state index in [2.05, 4.69) is 5.32 Å². The molecule has 1 N–H and O–H groups in total. The monoisotopic (exact) mass is 471 g/mol. The Morgan fingerprint density at radius 1 is 0.969 bits per heavy atom. The average molecular weight is 472 g/mol. The van der Waals surface area contributed by atoms with Gasteiger partial charge in [-0.3, -0.25) is 4.79 Å². The van der Waals surface area contributed by atoms with Crippen molar-refractivity contribution in [2.75, 3.05) is 11.6 Å². The van der Waals surface area contributed by atoms with Gasteiger partial charge in [-0.05, 0) is 49.2 Å². The smallest absolute Gasteiger partial charge is 0.340 e. The molecule has 8 heteroatoms. The van der Waals surface area contributed by atoms with E-state index in [0.717, 1.165) is 23.4 Å². The summed E-state index contributed by atoms with van der Waals surface area (Å²) in [5.74, 6) is -1.46. The molecular formula is C24H22ClNO5S. The van der Waals surface area contributed by atoms with Crippen LogP contribution in [-0.2, 0) is 19.4 Å². The minimum atomic E-state index is -3.57. The number of hydrogen-bond acceptors (Lipinski definition) is 5. The van der Waals surface area contributed by atoms with Crippen molar-refractivity contribution >= 4 is 39.0 Å². The van der Waals surface area contributed by atoms with E-state index >= 15 is 0 Å². The largest absolute Gasteiger partial charge is 0.444 e. The lowest BCUT2D eigenvalue weighted by molar-refractivity contribution is -0.125. The van der Waals surface area contributed by atoms with Crippen LogP contribution in [0.5, 0.6) is 0 Å². The third-order valence-electron chi connectivity index (χ3n) is 4.80. The highest BCUT2D eigenvalue weighted by atomic mass is 35.5. The Bertz CT molecular complexity index is 1270. The summed E-state index contributed by atoms with van der Waals surface area (Å²) in [7, 11) is -3.57. The topological polar surface area (TPSA) is 89.5 Å². The molecule has 3 aromatic rings. The van der Waals surface area contributed by atoms with Gasteiger partial charge in [-0.2, -0.15) is 0 Å². The van der Waals surface area contributed by atoms with Crippen molar-refractivity contribution in [3.05, 3.63) is 94.0 Å². The fourth-order valence-corrected chi connectivity index (χ4v) is 3.87. The van der Waals surface area contributed by atoms with Crippen LogP contribution < -0.4 is 5.32 Å². The zero-order valence-electron chi connectivity index (χ0n) is 17.8. The molecule has 0 aliphatic heterocycles. The van der Waals surface area contributed by atoms with Crippen LogP contribution in [0.15, 0.2) is 71.6 Å². The number of sulfone groups is 1. The van der Waals surface area contributed by atoms with E-state index in [9.17, 15) is 18.0 Å². The number of nitrogens with one attached hydrogen (secondary N) is 1. The number of halogens is 1. The van der Waals surface area contributed by atoms with Gasteiger partial charge in [0.2, 0.25) is 6.10 Å². The number of rotatable bonds is 6. The molecule has 0 spiro atoms. The van der Waals surface area contributed by atoms with Crippen LogP contribution in [0.25, 0.3) is 0 Å². The number of hydrogen-bond donors (Lipinski definition) is 1. The normalized spacial score (nSPS) is 12.1. The molecule has 0 aliphatic carbocycles. The fourth-order valence-electron chi connectivity index (χ4n) is 3.03. The molecule has 0 radical (unpaired) electrons. The van der Waals surface area contributed by atoms with Crippen LogP contribution in [0.3, 0.4) is 0 Å². The van der Waals surface area contributed by atoms with Crippen LogP contribution in [0.4, 0.5) is 5.69 Å². The molecule has 166 valence electrons. The summed E-state index contributed by atoms with van der Waals surface area (Å²) in [5, 5.41) is 2.83. The Labute approximate surface area is 192 Å². The lowest BCUT2D eigenvalue weighted by Gasteiger charge is -2.19. The van der Waals surface area contributed by atoms with E-state index in [4.69, 9.17) is 16.3 Å². The van der Waals surface area contributed by atoms with Gasteiger partial charge >= 0.3 is 5.97 Å². The number of benzene rings is 3. The van der Waals surface area contributed by atoms with Crippen molar-refractivity contribution < 1.29 is 22.7 Å². The zero-order chi connectivity index (χ0) is 23.5. The van der Waals surface area contributed by atoms with Crippen LogP contribution >= 0.6 is 11.6 Å². The Morgan fingerprint density at radius 3 is 2.31 bits per heavy atom. The predicted octanol–water partition coefficient (Wildman–Crippen LogP) is 4.90. The standard InChI is InChI=1S/C24H22ClNO5S/c1-15-9-10-16(2)21(13-15)26-23(27)22(17-7-5-4-6-8-17)31-24(28)19-14-18(32(3,29)30)11-12-20(19)25/h4-14,22H,1-3H3,(H,26,27)/t22-/m0/s1. The highest BCUT2D eigenvalue weighted by Crippen LogP contribution is 2.27. The first-order chi connectivity index (χ1) is 15.1. The van der Waals surface area contributed by atoms with Gasteiger partial charge in [-0.1, -0.05) is 54.1 Å². The molecule has 0 aliphatic rings. The van der Waals surface area contributed by atoms with Gasteiger partial charge in [0.15, 0.2) is 9.84 Å². The maximum Gasteiger partial charge on any atom is 0.340 e. The number of anilines is 1. The zero-order valence-corrected chi connectivity index (χ0v) is 19.3. The Balaban J connectivity index is 1.95. The quantitative estimate of drug-likeness (QED) is 0.516. The first-order valence-corrected chi connectivity index (χ1v) is 12.0. The summed E-state index contributed by atoms with van der Waals surface area (Å²) in [6.07, 6.45) is -0.253. The first kappa shape index (κ1) is 23.5. The van der Waals surface area contributed by atoms with Gasteiger partial charge in [-0.25, -0.2) is 13.2 Å². The van der Waals surface area contributed by atoms with E-state index in [-0.39, 0.29) is 15.5 Å². The van der Waals surface area contributed by atoms with Crippen molar-refractivity contribution in [1.82, 2.24) is 0 Å². The van der Waals surface area contributed by atoms with Crippen LogP contribution in [0.2, 0.25) is 5.02 Å². The molecule has 0 saturated heterocycles. The molecule has 3 aromatic carbocycles. The maximum atomic E-state index is 13.1. The van der Waals surface area contributed by atoms with Gasteiger partial charge in [0.05, 0.1) is 15.5 Å². The van der Waals surface area contributed by atoms with Crippen LogP contribution in [0.1, 0.15) is 33.2 Å². The molecule has 0 bridgehead atoms. The van der Waals surface area contributed by atoms with Gasteiger partial charge in [0.25, 0.3) is 5.91 Å². The summed E-state index contributed by atoms with van der Waals surface area (Å²) in [5.41, 5.74) is 2.73. The second kappa shape index (κ2) is 9.54. The Hall–Kier alpha value is -3.16. The van der Waals surface area contributed by atoms with Crippen molar-refractivity contribution in [2.24, 2.45) is 0 Å². The van der Waals surface area contributed by atoms with Crippen LogP contribution in [0, 0.1) is 13.8 Å². The third kappa shape index (κ3) is 5.55. The third-order valence-corrected chi connectivity index (χ3v) is 6.24. The van der Waals surface area contributed by atoms with Gasteiger partial charge in [0, 0.05) is 17.5 Å². The van der Waals surface area contributed by atoms with Crippen molar-refractivity contribution in [2.45, 2.75) is 24.8 Å². The van der Waals surface area contributed by atoms with Crippen molar-refractivity contribution in [3.63, 3.8) is 0 Å². The number of carbonyl (C=O) groups excluding carboxylic acids is 2. The molecule has 1 atom stereocenters. The number of amides is 1. The molecule has 0 unspecified atom stereocenters. The predicted molar refractivity (Wildman–Crippen MR) is 124 cm³/mol. The summed E-state index contributed by atoms with van der Waals surface area (Å²) in [6, 6.07) is 17.9. The van der Waals surface area contributed by atoms with E-state index in [1.54, 1.807) is 30.3 Å². The fraction of sp³-hybridized carbons (Fsp3) is 0.167. The molecule has 3 rings (SSSR count). The molecule has 0 saturated carbocycles. The maximum absolute atomic E-state index is 13.1. The van der Waals surface area contributed by atoms with E-state index in [1.807, 2.05) is 32.0 Å². The number of aryl methyl sites for hydroxylation is 2. The lowest BCUT2D eigenvalue weighted by Crippen LogP contribution is -2.26. The van der Waals surface area contributed by atoms with Gasteiger partial charge in [0.1, 0.15) is 0 Å². The second-order valence-corrected chi connectivity index (χ2v) is 9.84. The summed E-state index contributed by atoms with van der Waals surface area (Å²) in [4.78, 5) is 26.0. The molecular weight excluding hydrogens is 450 g/mol. The van der Waals surface area contributed by atoms with E-state index < -0.39 is 27.8 Å². The number of esters is 1. The first-order valence-electron chi connectivity index (χ1n) is 9.70. The highest BCUT2D eigenvalue weighted by molar-refractivity contribution is 7.90. The molecule has 1 amide bonds. The second-order valence-electron chi connectivity index (χ2n) is 7.42. The molecule has 32 heavy (non-hydrogen) atoms. The molecule has 0 aromatic heterocycles. The average Bonchev–Trinajstić information content (AvgIpc) is 2.74. The van der Waals surface area contributed by atoms with Crippen molar-refractivity contribution in [3.8, 4) is 0 Å². The molecule has 0 fully saturated rings. The van der Waals surface area contributed by atoms with Gasteiger partial charge < -0.3 is 10.1 Å². The molecule has 6 nitrogen and oxygen atoms in total. The SMILES string of the molecule is Cc1ccc(C)c(NC(=O)[C@@H](OC(=O)c2cc(S(C)(=O)=O)ccc2Cl)c2ccccc2)c1. The van der Waals surface area contributed by atoms with Crippen molar-refractivity contribution in [1.29, 1.82) is 0 Å².